The van der Waals surface area contributed by atoms with Crippen molar-refractivity contribution in [2.24, 2.45) is 0 Å². The van der Waals surface area contributed by atoms with Gasteiger partial charge in [-0.1, -0.05) is 23.7 Å². The molecule has 9 heteroatoms. The fourth-order valence-corrected chi connectivity index (χ4v) is 4.59. The predicted molar refractivity (Wildman–Crippen MR) is 106 cm³/mol. The fourth-order valence-electron chi connectivity index (χ4n) is 2.87. The van der Waals surface area contributed by atoms with Crippen molar-refractivity contribution in [2.75, 3.05) is 38.7 Å². The molecule has 0 spiro atoms. The van der Waals surface area contributed by atoms with Gasteiger partial charge in [0.2, 0.25) is 15.9 Å². The smallest absolute Gasteiger partial charge is 0.246 e. The second-order valence-corrected chi connectivity index (χ2v) is 8.58. The minimum absolute atomic E-state index is 0.0150. The molecule has 1 N–H and O–H groups in total. The number of carbonyl (C=O) groups excluding carboxylic acids is 1. The Kier molecular flexibility index (Phi) is 6.56. The van der Waals surface area contributed by atoms with Crippen molar-refractivity contribution in [2.45, 2.75) is 11.3 Å². The number of methoxy groups -OCH3 is 1. The second-order valence-electron chi connectivity index (χ2n) is 6.23. The van der Waals surface area contributed by atoms with Crippen LogP contribution in [0.25, 0.3) is 0 Å². The molecule has 0 saturated carbocycles. The molecule has 0 radical (unpaired) electrons. The molecule has 2 aromatic carbocycles. The minimum Gasteiger partial charge on any atom is -0.495 e. The summed E-state index contributed by atoms with van der Waals surface area (Å²) in [7, 11) is -2.36. The van der Waals surface area contributed by atoms with Crippen LogP contribution in [0.2, 0.25) is 5.02 Å². The highest BCUT2D eigenvalue weighted by atomic mass is 35.5. The lowest BCUT2D eigenvalue weighted by Gasteiger charge is -2.26. The SMILES string of the molecule is COc1ccc(NC(=O)Cc2ccc(Cl)cc2)cc1S(=O)(=O)N1CCOCC1. The van der Waals surface area contributed by atoms with Gasteiger partial charge in [0.15, 0.2) is 0 Å². The van der Waals surface area contributed by atoms with Gasteiger partial charge in [-0.25, -0.2) is 8.42 Å². The summed E-state index contributed by atoms with van der Waals surface area (Å²) in [6.45, 7) is 1.25. The Morgan fingerprint density at radius 1 is 1.18 bits per heavy atom. The zero-order valence-corrected chi connectivity index (χ0v) is 16.9. The van der Waals surface area contributed by atoms with Crippen LogP contribution in [0, 0.1) is 0 Å². The maximum atomic E-state index is 13.0. The number of halogens is 1. The third kappa shape index (κ3) is 4.82. The molecule has 1 amide bonds. The summed E-state index contributed by atoms with van der Waals surface area (Å²) in [4.78, 5) is 12.3. The Hall–Kier alpha value is -2.13. The van der Waals surface area contributed by atoms with E-state index in [-0.39, 0.29) is 36.1 Å². The molecule has 7 nitrogen and oxygen atoms in total. The number of carbonyl (C=O) groups is 1. The van der Waals surface area contributed by atoms with Gasteiger partial charge in [0, 0.05) is 23.8 Å². The van der Waals surface area contributed by atoms with E-state index in [0.29, 0.717) is 23.9 Å². The summed E-state index contributed by atoms with van der Waals surface area (Å²) in [5, 5.41) is 3.33. The lowest BCUT2D eigenvalue weighted by molar-refractivity contribution is -0.115. The molecule has 0 aromatic heterocycles. The van der Waals surface area contributed by atoms with Crippen LogP contribution in [0.1, 0.15) is 5.56 Å². The Bertz CT molecular complexity index is 941. The van der Waals surface area contributed by atoms with Crippen LogP contribution in [-0.2, 0) is 26.0 Å². The zero-order valence-electron chi connectivity index (χ0n) is 15.4. The molecular formula is C19H21ClN2O5S. The maximum absolute atomic E-state index is 13.0. The van der Waals surface area contributed by atoms with Gasteiger partial charge in [-0.15, -0.1) is 0 Å². The van der Waals surface area contributed by atoms with Crippen LogP contribution in [0.4, 0.5) is 5.69 Å². The van der Waals surface area contributed by atoms with Crippen molar-refractivity contribution < 1.29 is 22.7 Å². The predicted octanol–water partition coefficient (Wildman–Crippen LogP) is 2.55. The van der Waals surface area contributed by atoms with E-state index in [0.717, 1.165) is 5.56 Å². The normalized spacial score (nSPS) is 15.2. The second kappa shape index (κ2) is 8.91. The average Bonchev–Trinajstić information content (AvgIpc) is 2.70. The fraction of sp³-hybridized carbons (Fsp3) is 0.316. The number of anilines is 1. The van der Waals surface area contributed by atoms with Gasteiger partial charge in [-0.05, 0) is 35.9 Å². The van der Waals surface area contributed by atoms with Crippen LogP contribution in [0.3, 0.4) is 0 Å². The summed E-state index contributed by atoms with van der Waals surface area (Å²) in [5.74, 6) is -0.0376. The van der Waals surface area contributed by atoms with Crippen molar-refractivity contribution in [3.63, 3.8) is 0 Å². The largest absolute Gasteiger partial charge is 0.495 e. The van der Waals surface area contributed by atoms with E-state index in [4.69, 9.17) is 21.1 Å². The Morgan fingerprint density at radius 2 is 1.86 bits per heavy atom. The molecule has 1 heterocycles. The Labute approximate surface area is 169 Å². The molecule has 3 rings (SSSR count). The molecule has 28 heavy (non-hydrogen) atoms. The summed E-state index contributed by atoms with van der Waals surface area (Å²) >= 11 is 5.85. The molecule has 0 aliphatic carbocycles. The number of morpholine rings is 1. The van der Waals surface area contributed by atoms with Gasteiger partial charge in [0.25, 0.3) is 0 Å². The first-order valence-electron chi connectivity index (χ1n) is 8.70. The van der Waals surface area contributed by atoms with Gasteiger partial charge < -0.3 is 14.8 Å². The van der Waals surface area contributed by atoms with E-state index in [2.05, 4.69) is 5.32 Å². The summed E-state index contributed by atoms with van der Waals surface area (Å²) < 4.78 is 37.8. The lowest BCUT2D eigenvalue weighted by atomic mass is 10.1. The van der Waals surface area contributed by atoms with E-state index in [1.54, 1.807) is 30.3 Å². The molecule has 0 bridgehead atoms. The van der Waals surface area contributed by atoms with Gasteiger partial charge in [-0.3, -0.25) is 4.79 Å². The van der Waals surface area contributed by atoms with Crippen molar-refractivity contribution in [3.8, 4) is 5.75 Å². The molecule has 0 unspecified atom stereocenters. The van der Waals surface area contributed by atoms with Crippen molar-refractivity contribution in [1.29, 1.82) is 0 Å². The summed E-state index contributed by atoms with van der Waals surface area (Å²) in [6.07, 6.45) is 0.148. The molecular weight excluding hydrogens is 404 g/mol. The Morgan fingerprint density at radius 3 is 2.50 bits per heavy atom. The first kappa shape index (κ1) is 20.6. The van der Waals surface area contributed by atoms with Gasteiger partial charge in [0.05, 0.1) is 26.7 Å². The summed E-state index contributed by atoms with van der Waals surface area (Å²) in [6, 6.07) is 11.5. The number of benzene rings is 2. The number of hydrogen-bond acceptors (Lipinski definition) is 5. The number of amides is 1. The molecule has 150 valence electrons. The highest BCUT2D eigenvalue weighted by molar-refractivity contribution is 7.89. The highest BCUT2D eigenvalue weighted by Gasteiger charge is 2.29. The Balaban J connectivity index is 1.80. The third-order valence-corrected chi connectivity index (χ3v) is 6.49. The third-order valence-electron chi connectivity index (χ3n) is 4.31. The molecule has 1 fully saturated rings. The zero-order chi connectivity index (χ0) is 20.1. The number of nitrogens with zero attached hydrogens (tertiary/aromatic N) is 1. The first-order chi connectivity index (χ1) is 13.4. The standard InChI is InChI=1S/C19H21ClN2O5S/c1-26-17-7-6-16(21-19(23)12-14-2-4-15(20)5-3-14)13-18(17)28(24,25)22-8-10-27-11-9-22/h2-7,13H,8-12H2,1H3,(H,21,23). The van der Waals surface area contributed by atoms with Crippen LogP contribution in [-0.4, -0.2) is 52.0 Å². The maximum Gasteiger partial charge on any atom is 0.246 e. The van der Waals surface area contributed by atoms with Crippen molar-refractivity contribution >= 4 is 33.2 Å². The molecule has 1 aliphatic rings. The van der Waals surface area contributed by atoms with Crippen LogP contribution < -0.4 is 10.1 Å². The van der Waals surface area contributed by atoms with E-state index in [1.165, 1.54) is 23.5 Å². The van der Waals surface area contributed by atoms with E-state index in [1.807, 2.05) is 0 Å². The quantitative estimate of drug-likeness (QED) is 0.770. The van der Waals surface area contributed by atoms with Gasteiger partial charge >= 0.3 is 0 Å². The topological polar surface area (TPSA) is 84.9 Å². The van der Waals surface area contributed by atoms with Gasteiger partial charge in [-0.2, -0.15) is 4.31 Å². The average molecular weight is 425 g/mol. The van der Waals surface area contributed by atoms with Crippen LogP contribution in [0.15, 0.2) is 47.4 Å². The molecule has 0 atom stereocenters. The lowest BCUT2D eigenvalue weighted by Crippen LogP contribution is -2.40. The number of sulfonamides is 1. The highest BCUT2D eigenvalue weighted by Crippen LogP contribution is 2.30. The first-order valence-corrected chi connectivity index (χ1v) is 10.5. The van der Waals surface area contributed by atoms with Crippen LogP contribution in [0.5, 0.6) is 5.75 Å². The molecule has 2 aromatic rings. The number of rotatable bonds is 6. The van der Waals surface area contributed by atoms with Gasteiger partial charge in [0.1, 0.15) is 10.6 Å². The van der Waals surface area contributed by atoms with E-state index >= 15 is 0 Å². The number of nitrogens with one attached hydrogen (secondary N) is 1. The van der Waals surface area contributed by atoms with E-state index in [9.17, 15) is 13.2 Å². The number of ether oxygens (including phenoxy) is 2. The van der Waals surface area contributed by atoms with Crippen LogP contribution >= 0.6 is 11.6 Å². The molecule has 1 aliphatic heterocycles. The molecule has 1 saturated heterocycles. The number of hydrogen-bond donors (Lipinski definition) is 1. The minimum atomic E-state index is -3.76. The van der Waals surface area contributed by atoms with Crippen molar-refractivity contribution in [1.82, 2.24) is 4.31 Å². The van der Waals surface area contributed by atoms with E-state index < -0.39 is 10.0 Å². The van der Waals surface area contributed by atoms with Crippen molar-refractivity contribution in [3.05, 3.63) is 53.1 Å². The monoisotopic (exact) mass is 424 g/mol. The summed E-state index contributed by atoms with van der Waals surface area (Å²) in [5.41, 5.74) is 1.18.